The molecule has 0 radical (unpaired) electrons. The number of carboxylic acid groups (broad SMARTS) is 1. The van der Waals surface area contributed by atoms with E-state index in [1.807, 2.05) is 0 Å². The zero-order valence-corrected chi connectivity index (χ0v) is 10.6. The first kappa shape index (κ1) is 13.7. The summed E-state index contributed by atoms with van der Waals surface area (Å²) in [6, 6.07) is 6.89. The molecule has 0 unspecified atom stereocenters. The number of aryl methyl sites for hydroxylation is 1. The van der Waals surface area contributed by atoms with Crippen LogP contribution in [-0.2, 0) is 0 Å². The summed E-state index contributed by atoms with van der Waals surface area (Å²) in [6.45, 7) is 1.70. The predicted octanol–water partition coefficient (Wildman–Crippen LogP) is 2.48. The van der Waals surface area contributed by atoms with Gasteiger partial charge in [-0.15, -0.1) is 0 Å². The first-order valence-corrected chi connectivity index (χ1v) is 5.75. The number of halogens is 1. The monoisotopic (exact) mass is 274 g/mol. The fourth-order valence-corrected chi connectivity index (χ4v) is 1.66. The fourth-order valence-electron chi connectivity index (χ4n) is 1.66. The summed E-state index contributed by atoms with van der Waals surface area (Å²) in [4.78, 5) is 26.7. The van der Waals surface area contributed by atoms with Gasteiger partial charge in [0, 0.05) is 6.20 Å². The number of hydrogen-bond acceptors (Lipinski definition) is 3. The van der Waals surface area contributed by atoms with E-state index < -0.39 is 17.7 Å². The highest BCUT2D eigenvalue weighted by atomic mass is 19.1. The fraction of sp³-hybridized carbons (Fsp3) is 0.0714. The number of anilines is 1. The van der Waals surface area contributed by atoms with Crippen LogP contribution in [0.2, 0.25) is 0 Å². The van der Waals surface area contributed by atoms with Gasteiger partial charge in [0.1, 0.15) is 17.2 Å². The van der Waals surface area contributed by atoms with Gasteiger partial charge in [-0.05, 0) is 36.8 Å². The number of carbonyl (C=O) groups is 2. The molecule has 2 aromatic rings. The Balaban J connectivity index is 2.30. The van der Waals surface area contributed by atoms with Crippen LogP contribution in [-0.4, -0.2) is 22.0 Å². The Morgan fingerprint density at radius 2 is 2.00 bits per heavy atom. The van der Waals surface area contributed by atoms with E-state index in [0.717, 1.165) is 0 Å². The van der Waals surface area contributed by atoms with E-state index in [1.54, 1.807) is 13.0 Å². The Kier molecular flexibility index (Phi) is 3.74. The van der Waals surface area contributed by atoms with E-state index in [9.17, 15) is 14.0 Å². The van der Waals surface area contributed by atoms with Gasteiger partial charge >= 0.3 is 5.97 Å². The molecule has 1 aromatic heterocycles. The lowest BCUT2D eigenvalue weighted by molar-refractivity contribution is 0.0697. The van der Waals surface area contributed by atoms with Gasteiger partial charge in [-0.1, -0.05) is 6.07 Å². The molecule has 102 valence electrons. The maximum absolute atomic E-state index is 13.7. The van der Waals surface area contributed by atoms with E-state index in [-0.39, 0.29) is 16.9 Å². The lowest BCUT2D eigenvalue weighted by atomic mass is 10.1. The van der Waals surface area contributed by atoms with Crippen molar-refractivity contribution in [1.29, 1.82) is 0 Å². The molecule has 5 nitrogen and oxygen atoms in total. The Hall–Kier alpha value is -2.76. The number of rotatable bonds is 3. The van der Waals surface area contributed by atoms with Crippen molar-refractivity contribution in [2.75, 3.05) is 5.32 Å². The minimum Gasteiger partial charge on any atom is -0.478 e. The van der Waals surface area contributed by atoms with Gasteiger partial charge < -0.3 is 10.4 Å². The minimum absolute atomic E-state index is 0.120. The number of carboxylic acids is 1. The second-order valence-corrected chi connectivity index (χ2v) is 4.14. The first-order valence-electron chi connectivity index (χ1n) is 5.75. The van der Waals surface area contributed by atoms with Crippen LogP contribution in [0.15, 0.2) is 36.5 Å². The molecule has 2 rings (SSSR count). The highest BCUT2D eigenvalue weighted by molar-refractivity contribution is 6.07. The van der Waals surface area contributed by atoms with Crippen molar-refractivity contribution in [1.82, 2.24) is 4.98 Å². The van der Waals surface area contributed by atoms with Crippen molar-refractivity contribution in [3.8, 4) is 0 Å². The average molecular weight is 274 g/mol. The molecule has 1 aromatic carbocycles. The van der Waals surface area contributed by atoms with Crippen LogP contribution in [0.3, 0.4) is 0 Å². The maximum Gasteiger partial charge on any atom is 0.339 e. The van der Waals surface area contributed by atoms with Gasteiger partial charge in [-0.25, -0.2) is 14.2 Å². The molecule has 0 spiro atoms. The molecule has 0 aliphatic rings. The van der Waals surface area contributed by atoms with E-state index in [4.69, 9.17) is 5.11 Å². The molecule has 0 saturated carbocycles. The number of benzene rings is 1. The quantitative estimate of drug-likeness (QED) is 0.901. The third-order valence-electron chi connectivity index (χ3n) is 2.64. The Labute approximate surface area is 114 Å². The van der Waals surface area contributed by atoms with Crippen LogP contribution in [0.4, 0.5) is 10.2 Å². The van der Waals surface area contributed by atoms with E-state index in [2.05, 4.69) is 10.3 Å². The zero-order chi connectivity index (χ0) is 14.7. The summed E-state index contributed by atoms with van der Waals surface area (Å²) in [6.07, 6.45) is 1.34. The van der Waals surface area contributed by atoms with Crippen molar-refractivity contribution in [2.45, 2.75) is 6.92 Å². The van der Waals surface area contributed by atoms with Crippen LogP contribution in [0.1, 0.15) is 26.3 Å². The van der Waals surface area contributed by atoms with Gasteiger partial charge in [0.05, 0.1) is 5.56 Å². The number of aromatic nitrogens is 1. The SMILES string of the molecule is Cc1ccc(C(=O)Nc2ncccc2C(=O)O)c(F)c1. The summed E-state index contributed by atoms with van der Waals surface area (Å²) < 4.78 is 13.7. The Bertz CT molecular complexity index is 686. The second kappa shape index (κ2) is 5.48. The molecule has 1 heterocycles. The largest absolute Gasteiger partial charge is 0.478 e. The highest BCUT2D eigenvalue weighted by Gasteiger charge is 2.16. The first-order chi connectivity index (χ1) is 9.49. The summed E-state index contributed by atoms with van der Waals surface area (Å²) in [5, 5.41) is 11.3. The standard InChI is InChI=1S/C14H11FN2O3/c1-8-4-5-9(11(15)7-8)13(18)17-12-10(14(19)20)3-2-6-16-12/h2-7H,1H3,(H,19,20)(H,16,17,18). The van der Waals surface area contributed by atoms with Crippen molar-refractivity contribution < 1.29 is 19.1 Å². The molecule has 0 aliphatic carbocycles. The van der Waals surface area contributed by atoms with Crippen molar-refractivity contribution >= 4 is 17.7 Å². The number of aromatic carboxylic acids is 1. The molecule has 0 saturated heterocycles. The molecular weight excluding hydrogens is 263 g/mol. The van der Waals surface area contributed by atoms with Crippen LogP contribution in [0, 0.1) is 12.7 Å². The summed E-state index contributed by atoms with van der Waals surface area (Å²) in [5.74, 6) is -2.76. The predicted molar refractivity (Wildman–Crippen MR) is 70.3 cm³/mol. The van der Waals surface area contributed by atoms with Crippen molar-refractivity contribution in [2.24, 2.45) is 0 Å². The van der Waals surface area contributed by atoms with Crippen molar-refractivity contribution in [3.63, 3.8) is 0 Å². The molecule has 2 N–H and O–H groups in total. The summed E-state index contributed by atoms with van der Waals surface area (Å²) in [7, 11) is 0. The molecule has 0 fully saturated rings. The maximum atomic E-state index is 13.7. The third kappa shape index (κ3) is 2.80. The van der Waals surface area contributed by atoms with E-state index >= 15 is 0 Å². The number of nitrogens with one attached hydrogen (secondary N) is 1. The van der Waals surface area contributed by atoms with Gasteiger partial charge in [0.2, 0.25) is 0 Å². The number of amides is 1. The average Bonchev–Trinajstić information content (AvgIpc) is 2.38. The second-order valence-electron chi connectivity index (χ2n) is 4.14. The third-order valence-corrected chi connectivity index (χ3v) is 2.64. The van der Waals surface area contributed by atoms with Gasteiger partial charge in [-0.2, -0.15) is 0 Å². The van der Waals surface area contributed by atoms with Crippen LogP contribution in [0.25, 0.3) is 0 Å². The van der Waals surface area contributed by atoms with Crippen molar-refractivity contribution in [3.05, 3.63) is 59.0 Å². The van der Waals surface area contributed by atoms with Crippen LogP contribution in [0.5, 0.6) is 0 Å². The normalized spacial score (nSPS) is 10.1. The van der Waals surface area contributed by atoms with Crippen LogP contribution < -0.4 is 5.32 Å². The van der Waals surface area contributed by atoms with E-state index in [1.165, 1.54) is 30.5 Å². The molecular formula is C14H11FN2O3. The highest BCUT2D eigenvalue weighted by Crippen LogP contribution is 2.15. The molecule has 0 aliphatic heterocycles. The molecule has 6 heteroatoms. The smallest absolute Gasteiger partial charge is 0.339 e. The van der Waals surface area contributed by atoms with Gasteiger partial charge in [0.25, 0.3) is 5.91 Å². The van der Waals surface area contributed by atoms with Gasteiger partial charge in [0.15, 0.2) is 0 Å². The molecule has 0 atom stereocenters. The number of nitrogens with zero attached hydrogens (tertiary/aromatic N) is 1. The van der Waals surface area contributed by atoms with E-state index in [0.29, 0.717) is 5.56 Å². The molecule has 1 amide bonds. The Morgan fingerprint density at radius 3 is 2.65 bits per heavy atom. The summed E-state index contributed by atoms with van der Waals surface area (Å²) >= 11 is 0. The lowest BCUT2D eigenvalue weighted by Gasteiger charge is -2.08. The number of hydrogen-bond donors (Lipinski definition) is 2. The summed E-state index contributed by atoms with van der Waals surface area (Å²) in [5.41, 5.74) is 0.356. The number of pyridine rings is 1. The Morgan fingerprint density at radius 1 is 1.25 bits per heavy atom. The molecule has 0 bridgehead atoms. The lowest BCUT2D eigenvalue weighted by Crippen LogP contribution is -2.17. The zero-order valence-electron chi connectivity index (χ0n) is 10.6. The van der Waals surface area contributed by atoms with Crippen LogP contribution >= 0.6 is 0 Å². The van der Waals surface area contributed by atoms with Gasteiger partial charge in [-0.3, -0.25) is 4.79 Å². The molecule has 20 heavy (non-hydrogen) atoms. The number of carbonyl (C=O) groups excluding carboxylic acids is 1. The minimum atomic E-state index is -1.22. The topological polar surface area (TPSA) is 79.3 Å².